The molecule has 0 saturated carbocycles. The van der Waals surface area contributed by atoms with Gasteiger partial charge in [-0.25, -0.2) is 9.59 Å². The van der Waals surface area contributed by atoms with Crippen molar-refractivity contribution in [3.63, 3.8) is 0 Å². The molecule has 7 nitrogen and oxygen atoms in total. The fourth-order valence-electron chi connectivity index (χ4n) is 1.81. The van der Waals surface area contributed by atoms with E-state index in [1.54, 1.807) is 6.92 Å². The first-order chi connectivity index (χ1) is 9.47. The van der Waals surface area contributed by atoms with Gasteiger partial charge in [-0.1, -0.05) is 6.58 Å². The summed E-state index contributed by atoms with van der Waals surface area (Å²) in [6, 6.07) is 1.44. The highest BCUT2D eigenvalue weighted by atomic mass is 16.6. The first kappa shape index (κ1) is 12.6. The van der Waals surface area contributed by atoms with Gasteiger partial charge in [0, 0.05) is 6.07 Å². The van der Waals surface area contributed by atoms with Crippen molar-refractivity contribution in [3.8, 4) is 11.5 Å². The van der Waals surface area contributed by atoms with Crippen molar-refractivity contribution >= 4 is 23.1 Å². The Labute approximate surface area is 112 Å². The lowest BCUT2D eigenvalue weighted by atomic mass is 10.2. The van der Waals surface area contributed by atoms with Crippen LogP contribution in [0.3, 0.4) is 0 Å². The fourth-order valence-corrected chi connectivity index (χ4v) is 1.81. The van der Waals surface area contributed by atoms with E-state index in [2.05, 4.69) is 6.58 Å². The van der Waals surface area contributed by atoms with E-state index in [9.17, 15) is 14.7 Å². The summed E-state index contributed by atoms with van der Waals surface area (Å²) in [7, 11) is 0. The smallest absolute Gasteiger partial charge is 0.347 e. The first-order valence-electron chi connectivity index (χ1n) is 5.74. The van der Waals surface area contributed by atoms with E-state index in [-0.39, 0.29) is 22.7 Å². The highest BCUT2D eigenvalue weighted by molar-refractivity contribution is 6.10. The van der Waals surface area contributed by atoms with Crippen LogP contribution in [0.5, 0.6) is 11.5 Å². The zero-order chi connectivity index (χ0) is 14.4. The maximum absolute atomic E-state index is 11.6. The van der Waals surface area contributed by atoms with Crippen molar-refractivity contribution in [1.82, 2.24) is 0 Å². The van der Waals surface area contributed by atoms with Gasteiger partial charge in [0.1, 0.15) is 12.2 Å². The molecule has 0 spiro atoms. The normalized spacial score (nSPS) is 14.6. The van der Waals surface area contributed by atoms with Crippen LogP contribution in [0, 0.1) is 0 Å². The number of aliphatic hydroxyl groups is 1. The Morgan fingerprint density at radius 1 is 1.55 bits per heavy atom. The van der Waals surface area contributed by atoms with Crippen LogP contribution >= 0.6 is 0 Å². The summed E-state index contributed by atoms with van der Waals surface area (Å²) in [5, 5.41) is 9.33. The number of carbonyl (C=O) groups excluding carboxylic acids is 2. The van der Waals surface area contributed by atoms with Gasteiger partial charge in [0.05, 0.1) is 0 Å². The summed E-state index contributed by atoms with van der Waals surface area (Å²) in [6.07, 6.45) is -1.24. The maximum atomic E-state index is 11.6. The summed E-state index contributed by atoms with van der Waals surface area (Å²) in [6.45, 7) is 4.56. The molecule has 1 N–H and O–H groups in total. The third-order valence-corrected chi connectivity index (χ3v) is 2.78. The van der Waals surface area contributed by atoms with Crippen LogP contribution in [0.15, 0.2) is 22.6 Å². The number of esters is 2. The van der Waals surface area contributed by atoms with Crippen LogP contribution in [0.1, 0.15) is 17.3 Å². The predicted molar refractivity (Wildman–Crippen MR) is 64.8 cm³/mol. The second-order valence-electron chi connectivity index (χ2n) is 4.39. The van der Waals surface area contributed by atoms with Gasteiger partial charge in [-0.2, -0.15) is 0 Å². The SMILES string of the molecule is C=C(C)C(O)OCC(=O)Oc1c2c3oc1cc3C(=O)O2. The van der Waals surface area contributed by atoms with Crippen molar-refractivity contribution in [2.75, 3.05) is 6.61 Å². The summed E-state index contributed by atoms with van der Waals surface area (Å²) < 4.78 is 20.0. The molecule has 1 atom stereocenters. The van der Waals surface area contributed by atoms with Crippen LogP contribution < -0.4 is 9.47 Å². The molecule has 0 radical (unpaired) electrons. The van der Waals surface area contributed by atoms with E-state index >= 15 is 0 Å². The molecule has 20 heavy (non-hydrogen) atoms. The van der Waals surface area contributed by atoms with Crippen LogP contribution in [0.2, 0.25) is 0 Å². The Kier molecular flexibility index (Phi) is 2.73. The van der Waals surface area contributed by atoms with Gasteiger partial charge in [0.25, 0.3) is 0 Å². The van der Waals surface area contributed by atoms with Crippen molar-refractivity contribution in [1.29, 1.82) is 0 Å². The lowest BCUT2D eigenvalue weighted by Gasteiger charge is -2.10. The highest BCUT2D eigenvalue weighted by Crippen LogP contribution is 2.48. The molecule has 0 aromatic carbocycles. The van der Waals surface area contributed by atoms with E-state index in [0.717, 1.165) is 0 Å². The Balaban J connectivity index is 1.68. The van der Waals surface area contributed by atoms with E-state index in [1.165, 1.54) is 6.07 Å². The quantitative estimate of drug-likeness (QED) is 0.380. The number of furan rings is 2. The van der Waals surface area contributed by atoms with E-state index in [1.807, 2.05) is 0 Å². The maximum Gasteiger partial charge on any atom is 0.347 e. The van der Waals surface area contributed by atoms with Crippen molar-refractivity contribution in [2.24, 2.45) is 0 Å². The van der Waals surface area contributed by atoms with Gasteiger partial charge < -0.3 is 23.7 Å². The number of aliphatic hydroxyl groups excluding tert-OH is 1. The molecule has 1 unspecified atom stereocenters. The average Bonchev–Trinajstić information content (AvgIpc) is 3.00. The van der Waals surface area contributed by atoms with Gasteiger partial charge in [0.15, 0.2) is 17.5 Å². The fraction of sp³-hybridized carbons (Fsp3) is 0.231. The second kappa shape index (κ2) is 4.32. The number of carbonyl (C=O) groups is 2. The summed E-state index contributed by atoms with van der Waals surface area (Å²) in [5.74, 6) is -1.13. The highest BCUT2D eigenvalue weighted by Gasteiger charge is 2.36. The van der Waals surface area contributed by atoms with Crippen molar-refractivity contribution < 1.29 is 33.3 Å². The molecule has 2 aromatic rings. The van der Waals surface area contributed by atoms with Gasteiger partial charge in [-0.05, 0) is 12.5 Å². The molecule has 3 rings (SSSR count). The molecule has 0 fully saturated rings. The molecule has 2 aromatic heterocycles. The van der Waals surface area contributed by atoms with Gasteiger partial charge in [0.2, 0.25) is 11.5 Å². The molecular weight excluding hydrogens is 268 g/mol. The third-order valence-electron chi connectivity index (χ3n) is 2.78. The standard InChI is InChI=1S/C13H10O7/c1-5(2)12(15)17-4-8(14)19-10-7-3-6-9(18-7)11(10)20-13(6)16/h3,12,15H,1,4H2,2H3. The largest absolute Gasteiger partial charge is 0.448 e. The molecule has 0 aliphatic carbocycles. The molecule has 2 bridgehead atoms. The minimum absolute atomic E-state index is 0.0491. The number of rotatable bonds is 5. The molecule has 0 saturated heterocycles. The predicted octanol–water partition coefficient (Wildman–Crippen LogP) is 1.22. The van der Waals surface area contributed by atoms with E-state index in [4.69, 9.17) is 18.6 Å². The monoisotopic (exact) mass is 278 g/mol. The Hall–Kier alpha value is -2.38. The van der Waals surface area contributed by atoms with Gasteiger partial charge in [-0.15, -0.1) is 0 Å². The molecule has 0 amide bonds. The summed E-state index contributed by atoms with van der Waals surface area (Å²) >= 11 is 0. The van der Waals surface area contributed by atoms with Crippen molar-refractivity contribution in [2.45, 2.75) is 13.2 Å². The Morgan fingerprint density at radius 2 is 2.30 bits per heavy atom. The Bertz CT molecular complexity index is 711. The zero-order valence-electron chi connectivity index (χ0n) is 10.5. The minimum atomic E-state index is -1.24. The van der Waals surface area contributed by atoms with Gasteiger partial charge in [-0.3, -0.25) is 0 Å². The van der Waals surface area contributed by atoms with Crippen LogP contribution in [-0.4, -0.2) is 29.9 Å². The summed E-state index contributed by atoms with van der Waals surface area (Å²) in [5.41, 5.74) is 1.22. The van der Waals surface area contributed by atoms with Gasteiger partial charge >= 0.3 is 11.9 Å². The lowest BCUT2D eigenvalue weighted by molar-refractivity contribution is -0.149. The Morgan fingerprint density at radius 3 is 3.00 bits per heavy atom. The van der Waals surface area contributed by atoms with Crippen LogP contribution in [0.4, 0.5) is 0 Å². The average molecular weight is 278 g/mol. The molecule has 3 heterocycles. The number of fused-ring (bicyclic) bond motifs is 1. The van der Waals surface area contributed by atoms with Crippen molar-refractivity contribution in [3.05, 3.63) is 23.8 Å². The molecular formula is C13H10O7. The molecule has 7 heteroatoms. The third kappa shape index (κ3) is 1.84. The lowest BCUT2D eigenvalue weighted by Crippen LogP contribution is -2.22. The zero-order valence-corrected chi connectivity index (χ0v) is 10.5. The molecule has 104 valence electrons. The number of ether oxygens (including phenoxy) is 3. The first-order valence-corrected chi connectivity index (χ1v) is 5.74. The topological polar surface area (TPSA) is 95.2 Å². The minimum Gasteiger partial charge on any atom is -0.448 e. The summed E-state index contributed by atoms with van der Waals surface area (Å²) in [4.78, 5) is 23.0. The number of hydrogen-bond donors (Lipinski definition) is 1. The van der Waals surface area contributed by atoms with Crippen LogP contribution in [0.25, 0.3) is 11.2 Å². The molecule has 1 aliphatic heterocycles. The number of benzene rings is 1. The van der Waals surface area contributed by atoms with Crippen LogP contribution in [-0.2, 0) is 9.53 Å². The second-order valence-corrected chi connectivity index (χ2v) is 4.39. The molecule has 1 aliphatic rings. The van der Waals surface area contributed by atoms with E-state index in [0.29, 0.717) is 11.1 Å². The number of hydrogen-bond acceptors (Lipinski definition) is 7. The van der Waals surface area contributed by atoms with E-state index < -0.39 is 24.8 Å².